The maximum absolute atomic E-state index is 13.5. The highest BCUT2D eigenvalue weighted by atomic mass is 19.4. The number of amides is 2. The summed E-state index contributed by atoms with van der Waals surface area (Å²) in [7, 11) is 0. The number of nitrogens with one attached hydrogen (secondary N) is 1. The second kappa shape index (κ2) is 10.5. The molecule has 10 heteroatoms. The first kappa shape index (κ1) is 25.3. The average Bonchev–Trinajstić information content (AvgIpc) is 3.34. The first-order valence-electron chi connectivity index (χ1n) is 12.4. The van der Waals surface area contributed by atoms with Crippen LogP contribution >= 0.6 is 0 Å². The van der Waals surface area contributed by atoms with E-state index in [-0.39, 0.29) is 18.0 Å². The van der Waals surface area contributed by atoms with Crippen molar-refractivity contribution >= 4 is 22.7 Å². The summed E-state index contributed by atoms with van der Waals surface area (Å²) in [6.07, 6.45) is -1.79. The van der Waals surface area contributed by atoms with Gasteiger partial charge in [-0.25, -0.2) is 0 Å². The molecule has 2 saturated heterocycles. The van der Waals surface area contributed by atoms with Crippen LogP contribution in [-0.4, -0.2) is 90.0 Å². The normalized spacial score (nSPS) is 19.4. The molecule has 0 aliphatic carbocycles. The van der Waals surface area contributed by atoms with Crippen LogP contribution in [0.1, 0.15) is 21.5 Å². The summed E-state index contributed by atoms with van der Waals surface area (Å²) in [4.78, 5) is 35.5. The van der Waals surface area contributed by atoms with E-state index in [1.165, 1.54) is 22.6 Å². The van der Waals surface area contributed by atoms with Gasteiger partial charge in [-0.2, -0.15) is 13.2 Å². The topological polar surface area (TPSA) is 68.9 Å². The first-order valence-corrected chi connectivity index (χ1v) is 12.4. The van der Waals surface area contributed by atoms with Gasteiger partial charge >= 0.3 is 6.18 Å². The van der Waals surface area contributed by atoms with Crippen molar-refractivity contribution in [3.63, 3.8) is 0 Å². The van der Waals surface area contributed by atoms with Gasteiger partial charge in [0.2, 0.25) is 5.91 Å². The quantitative estimate of drug-likeness (QED) is 0.567. The monoisotopic (exact) mass is 514 g/mol. The Labute approximate surface area is 212 Å². The number of carbonyl (C=O) groups is 2. The molecule has 3 heterocycles. The summed E-state index contributed by atoms with van der Waals surface area (Å²) in [6, 6.07) is 11.7. The summed E-state index contributed by atoms with van der Waals surface area (Å²) in [5, 5.41) is 1.15. The number of fused-ring (bicyclic) bond motifs is 1. The lowest BCUT2D eigenvalue weighted by molar-refractivity contribution is -0.142. The number of halogens is 3. The van der Waals surface area contributed by atoms with Crippen LogP contribution in [0.5, 0.6) is 0 Å². The molecule has 2 aromatic carbocycles. The van der Waals surface area contributed by atoms with E-state index in [1.54, 1.807) is 4.90 Å². The summed E-state index contributed by atoms with van der Waals surface area (Å²) < 4.78 is 45.2. The lowest BCUT2D eigenvalue weighted by Crippen LogP contribution is -2.62. The highest BCUT2D eigenvalue weighted by molar-refractivity contribution is 5.98. The molecular formula is C27H29F3N4O3. The molecule has 1 unspecified atom stereocenters. The van der Waals surface area contributed by atoms with Gasteiger partial charge in [0, 0.05) is 61.9 Å². The smallest absolute Gasteiger partial charge is 0.378 e. The highest BCUT2D eigenvalue weighted by Gasteiger charge is 2.39. The third kappa shape index (κ3) is 5.50. The lowest BCUT2D eigenvalue weighted by atomic mass is 10.0. The number of rotatable bonds is 5. The van der Waals surface area contributed by atoms with Gasteiger partial charge in [-0.1, -0.05) is 24.3 Å². The van der Waals surface area contributed by atoms with Crippen molar-refractivity contribution in [2.24, 2.45) is 0 Å². The largest absolute Gasteiger partial charge is 0.416 e. The highest BCUT2D eigenvalue weighted by Crippen LogP contribution is 2.30. The molecule has 2 amide bonds. The minimum absolute atomic E-state index is 0.0677. The van der Waals surface area contributed by atoms with Gasteiger partial charge in [-0.15, -0.1) is 0 Å². The number of H-pyrrole nitrogens is 1. The Kier molecular flexibility index (Phi) is 7.21. The van der Waals surface area contributed by atoms with Crippen molar-refractivity contribution in [2.45, 2.75) is 18.6 Å². The fourth-order valence-electron chi connectivity index (χ4n) is 5.10. The fraction of sp³-hybridized carbons (Fsp3) is 0.407. The summed E-state index contributed by atoms with van der Waals surface area (Å²) in [5.74, 6) is -0.755. The number of ether oxygens (including phenoxy) is 1. The second-order valence-electron chi connectivity index (χ2n) is 9.44. The fourth-order valence-corrected chi connectivity index (χ4v) is 5.10. The third-order valence-electron chi connectivity index (χ3n) is 7.14. The molecule has 5 rings (SSSR count). The average molecular weight is 515 g/mol. The van der Waals surface area contributed by atoms with Crippen LogP contribution in [0.15, 0.2) is 54.7 Å². The van der Waals surface area contributed by atoms with E-state index >= 15 is 0 Å². The predicted molar refractivity (Wildman–Crippen MR) is 132 cm³/mol. The van der Waals surface area contributed by atoms with Gasteiger partial charge in [-0.3, -0.25) is 14.5 Å². The van der Waals surface area contributed by atoms with Gasteiger partial charge in [0.15, 0.2) is 0 Å². The van der Waals surface area contributed by atoms with Crippen molar-refractivity contribution in [1.82, 2.24) is 19.7 Å². The molecule has 0 spiro atoms. The Morgan fingerprint density at radius 3 is 2.57 bits per heavy atom. The van der Waals surface area contributed by atoms with Gasteiger partial charge in [0.05, 0.1) is 18.8 Å². The number of piperazine rings is 1. The van der Waals surface area contributed by atoms with E-state index in [0.717, 1.165) is 29.5 Å². The number of benzene rings is 2. The SMILES string of the molecule is O=C(C1CN(CCc2c[nH]c3ccccc23)CCN1C(=O)c1cccc(C(F)(F)F)c1)N1CCOCC1. The molecule has 0 saturated carbocycles. The Morgan fingerprint density at radius 2 is 1.78 bits per heavy atom. The number of alkyl halides is 3. The van der Waals surface area contributed by atoms with Crippen molar-refractivity contribution < 1.29 is 27.5 Å². The molecule has 1 aromatic heterocycles. The Hall–Kier alpha value is -3.37. The molecule has 1 atom stereocenters. The summed E-state index contributed by atoms with van der Waals surface area (Å²) in [5.41, 5.74) is 1.29. The van der Waals surface area contributed by atoms with Gasteiger partial charge in [0.25, 0.3) is 5.91 Å². The van der Waals surface area contributed by atoms with E-state index in [1.807, 2.05) is 24.4 Å². The van der Waals surface area contributed by atoms with E-state index in [2.05, 4.69) is 16.0 Å². The standard InChI is InChI=1S/C27H29F3N4O3/c28-27(29,30)21-5-3-4-19(16-21)25(35)34-11-10-32(18-24(34)26(36)33-12-14-37-15-13-33)9-8-20-17-31-23-7-2-1-6-22(20)23/h1-7,16-17,24,31H,8-15,18H2. The van der Waals surface area contributed by atoms with Crippen LogP contribution in [0.2, 0.25) is 0 Å². The van der Waals surface area contributed by atoms with E-state index in [9.17, 15) is 22.8 Å². The molecule has 2 aliphatic rings. The van der Waals surface area contributed by atoms with Crippen molar-refractivity contribution in [3.8, 4) is 0 Å². The first-order chi connectivity index (χ1) is 17.8. The maximum Gasteiger partial charge on any atom is 0.416 e. The Morgan fingerprint density at radius 1 is 1.00 bits per heavy atom. The number of aromatic amines is 1. The molecule has 0 radical (unpaired) electrons. The van der Waals surface area contributed by atoms with Crippen LogP contribution in [0.3, 0.4) is 0 Å². The summed E-state index contributed by atoms with van der Waals surface area (Å²) >= 11 is 0. The molecule has 2 aliphatic heterocycles. The molecular weight excluding hydrogens is 485 g/mol. The number of morpholine rings is 1. The van der Waals surface area contributed by atoms with Crippen LogP contribution in [0.25, 0.3) is 10.9 Å². The van der Waals surface area contributed by atoms with Crippen LogP contribution in [0, 0.1) is 0 Å². The zero-order valence-electron chi connectivity index (χ0n) is 20.3. The summed E-state index contributed by atoms with van der Waals surface area (Å²) in [6.45, 7) is 3.49. The molecule has 2 fully saturated rings. The van der Waals surface area contributed by atoms with Gasteiger partial charge in [-0.05, 0) is 36.2 Å². The molecule has 37 heavy (non-hydrogen) atoms. The van der Waals surface area contributed by atoms with Crippen LogP contribution < -0.4 is 0 Å². The number of carbonyl (C=O) groups excluding carboxylic acids is 2. The second-order valence-corrected chi connectivity index (χ2v) is 9.44. The number of aromatic nitrogens is 1. The molecule has 3 aromatic rings. The minimum Gasteiger partial charge on any atom is -0.378 e. The Bertz CT molecular complexity index is 1270. The van der Waals surface area contributed by atoms with Crippen LogP contribution in [0.4, 0.5) is 13.2 Å². The zero-order chi connectivity index (χ0) is 26.0. The molecule has 196 valence electrons. The van der Waals surface area contributed by atoms with E-state index in [4.69, 9.17) is 4.74 Å². The number of para-hydroxylation sites is 1. The molecule has 7 nitrogen and oxygen atoms in total. The van der Waals surface area contributed by atoms with Crippen molar-refractivity contribution in [2.75, 3.05) is 52.5 Å². The van der Waals surface area contributed by atoms with Crippen molar-refractivity contribution in [1.29, 1.82) is 0 Å². The van der Waals surface area contributed by atoms with E-state index in [0.29, 0.717) is 45.9 Å². The van der Waals surface area contributed by atoms with E-state index < -0.39 is 23.7 Å². The number of nitrogens with zero attached hydrogens (tertiary/aromatic N) is 3. The molecule has 0 bridgehead atoms. The van der Waals surface area contributed by atoms with Crippen molar-refractivity contribution in [3.05, 3.63) is 71.4 Å². The molecule has 1 N–H and O–H groups in total. The minimum atomic E-state index is -4.56. The predicted octanol–water partition coefficient (Wildman–Crippen LogP) is 3.41. The third-order valence-corrected chi connectivity index (χ3v) is 7.14. The lowest BCUT2D eigenvalue weighted by Gasteiger charge is -2.43. The zero-order valence-corrected chi connectivity index (χ0v) is 20.3. The number of hydrogen-bond acceptors (Lipinski definition) is 4. The Balaban J connectivity index is 1.34. The van der Waals surface area contributed by atoms with Gasteiger partial charge < -0.3 is 19.5 Å². The van der Waals surface area contributed by atoms with Crippen LogP contribution in [-0.2, 0) is 22.1 Å². The maximum atomic E-state index is 13.5. The number of hydrogen-bond donors (Lipinski definition) is 1. The van der Waals surface area contributed by atoms with Gasteiger partial charge in [0.1, 0.15) is 6.04 Å².